The molecule has 4 rings (SSSR count). The summed E-state index contributed by atoms with van der Waals surface area (Å²) in [4.78, 5) is 32.3. The molecule has 2 amide bonds. The Balaban J connectivity index is 1.37. The van der Waals surface area contributed by atoms with Gasteiger partial charge in [-0.1, -0.05) is 30.3 Å². The Labute approximate surface area is 167 Å². The fraction of sp³-hybridized carbons (Fsp3) is 0.636. The minimum Gasteiger partial charge on any atom is -0.383 e. The zero-order valence-electron chi connectivity index (χ0n) is 16.8. The molecule has 1 aromatic carbocycles. The van der Waals surface area contributed by atoms with Gasteiger partial charge in [-0.05, 0) is 31.2 Å². The van der Waals surface area contributed by atoms with Crippen LogP contribution in [-0.2, 0) is 19.7 Å². The highest BCUT2D eigenvalue weighted by Crippen LogP contribution is 2.49. The van der Waals surface area contributed by atoms with Gasteiger partial charge >= 0.3 is 0 Å². The van der Waals surface area contributed by atoms with Gasteiger partial charge in [0.15, 0.2) is 0 Å². The monoisotopic (exact) mass is 385 g/mol. The summed E-state index contributed by atoms with van der Waals surface area (Å²) >= 11 is 0. The maximum Gasteiger partial charge on any atom is 0.240 e. The molecule has 0 unspecified atom stereocenters. The van der Waals surface area contributed by atoms with Crippen molar-refractivity contribution in [2.45, 2.75) is 37.1 Å². The molecule has 3 fully saturated rings. The first-order chi connectivity index (χ1) is 13.7. The van der Waals surface area contributed by atoms with Crippen LogP contribution in [0.2, 0.25) is 0 Å². The lowest BCUT2D eigenvalue weighted by molar-refractivity contribution is -0.133. The van der Waals surface area contributed by atoms with E-state index in [1.165, 1.54) is 0 Å². The molecule has 2 saturated heterocycles. The predicted octanol–water partition coefficient (Wildman–Crippen LogP) is 1.50. The van der Waals surface area contributed by atoms with Crippen molar-refractivity contribution in [1.82, 2.24) is 14.7 Å². The third-order valence-corrected chi connectivity index (χ3v) is 6.58. The van der Waals surface area contributed by atoms with Crippen LogP contribution in [0.1, 0.15) is 31.2 Å². The summed E-state index contributed by atoms with van der Waals surface area (Å²) in [6.07, 6.45) is 3.71. The van der Waals surface area contributed by atoms with Crippen molar-refractivity contribution in [1.29, 1.82) is 0 Å². The van der Waals surface area contributed by atoms with Crippen molar-refractivity contribution in [3.63, 3.8) is 0 Å². The molecule has 1 saturated carbocycles. The normalized spacial score (nSPS) is 25.0. The first kappa shape index (κ1) is 19.4. The first-order valence-electron chi connectivity index (χ1n) is 10.5. The van der Waals surface area contributed by atoms with Crippen LogP contribution in [0.15, 0.2) is 30.3 Å². The van der Waals surface area contributed by atoms with Crippen molar-refractivity contribution < 1.29 is 14.3 Å². The Morgan fingerprint density at radius 1 is 1.11 bits per heavy atom. The number of nitrogens with zero attached hydrogens (tertiary/aromatic N) is 3. The summed E-state index contributed by atoms with van der Waals surface area (Å²) < 4.78 is 5.12. The largest absolute Gasteiger partial charge is 0.383 e. The smallest absolute Gasteiger partial charge is 0.240 e. The molecule has 152 valence electrons. The number of carbonyl (C=O) groups excluding carboxylic acids is 2. The van der Waals surface area contributed by atoms with E-state index in [1.807, 2.05) is 28.0 Å². The third-order valence-electron chi connectivity index (χ3n) is 6.58. The zero-order chi connectivity index (χ0) is 19.6. The molecule has 6 nitrogen and oxygen atoms in total. The molecule has 0 N–H and O–H groups in total. The van der Waals surface area contributed by atoms with Crippen LogP contribution in [0.3, 0.4) is 0 Å². The van der Waals surface area contributed by atoms with Gasteiger partial charge in [0.25, 0.3) is 0 Å². The SMILES string of the molecule is COCCN1CC[C@@H](N2CCCN(C(=O)C3(c4ccccc4)CC3)CC2)C1=O. The van der Waals surface area contributed by atoms with E-state index in [2.05, 4.69) is 17.0 Å². The fourth-order valence-electron chi connectivity index (χ4n) is 4.75. The highest BCUT2D eigenvalue weighted by molar-refractivity contribution is 5.91. The number of hydrogen-bond donors (Lipinski definition) is 0. The van der Waals surface area contributed by atoms with Crippen molar-refractivity contribution in [3.05, 3.63) is 35.9 Å². The summed E-state index contributed by atoms with van der Waals surface area (Å²) in [5, 5.41) is 0. The van der Waals surface area contributed by atoms with Crippen molar-refractivity contribution in [3.8, 4) is 0 Å². The van der Waals surface area contributed by atoms with E-state index < -0.39 is 0 Å². The number of hydrogen-bond acceptors (Lipinski definition) is 4. The number of methoxy groups -OCH3 is 1. The average molecular weight is 386 g/mol. The maximum atomic E-state index is 13.3. The van der Waals surface area contributed by atoms with E-state index in [1.54, 1.807) is 7.11 Å². The van der Waals surface area contributed by atoms with Crippen LogP contribution in [0.5, 0.6) is 0 Å². The Kier molecular flexibility index (Phi) is 5.69. The second-order valence-electron chi connectivity index (χ2n) is 8.25. The molecule has 28 heavy (non-hydrogen) atoms. The fourth-order valence-corrected chi connectivity index (χ4v) is 4.75. The van der Waals surface area contributed by atoms with Crippen molar-refractivity contribution in [2.75, 3.05) is 53.0 Å². The van der Waals surface area contributed by atoms with Gasteiger partial charge in [0, 0.05) is 46.4 Å². The van der Waals surface area contributed by atoms with Crippen LogP contribution >= 0.6 is 0 Å². The molecule has 0 aromatic heterocycles. The van der Waals surface area contributed by atoms with Crippen LogP contribution in [0.4, 0.5) is 0 Å². The van der Waals surface area contributed by atoms with E-state index in [4.69, 9.17) is 4.74 Å². The van der Waals surface area contributed by atoms with E-state index in [9.17, 15) is 9.59 Å². The van der Waals surface area contributed by atoms with Gasteiger partial charge in [0.05, 0.1) is 18.1 Å². The Morgan fingerprint density at radius 2 is 1.89 bits per heavy atom. The second kappa shape index (κ2) is 8.21. The van der Waals surface area contributed by atoms with Crippen LogP contribution in [0.25, 0.3) is 0 Å². The van der Waals surface area contributed by atoms with Crippen LogP contribution < -0.4 is 0 Å². The molecule has 3 aliphatic rings. The maximum absolute atomic E-state index is 13.3. The highest BCUT2D eigenvalue weighted by Gasteiger charge is 2.53. The quantitative estimate of drug-likeness (QED) is 0.745. The molecule has 0 spiro atoms. The molecule has 6 heteroatoms. The Hall–Kier alpha value is -1.92. The molecule has 0 radical (unpaired) electrons. The van der Waals surface area contributed by atoms with E-state index in [0.29, 0.717) is 13.2 Å². The summed E-state index contributed by atoms with van der Waals surface area (Å²) in [6, 6.07) is 10.2. The molecule has 1 aromatic rings. The minimum atomic E-state index is -0.295. The molecule has 2 aliphatic heterocycles. The zero-order valence-corrected chi connectivity index (χ0v) is 16.8. The van der Waals surface area contributed by atoms with Crippen LogP contribution in [-0.4, -0.2) is 85.5 Å². The number of amides is 2. The first-order valence-corrected chi connectivity index (χ1v) is 10.5. The molecule has 2 heterocycles. The molecule has 0 bridgehead atoms. The number of carbonyl (C=O) groups is 2. The second-order valence-corrected chi connectivity index (χ2v) is 8.25. The topological polar surface area (TPSA) is 53.1 Å². The highest BCUT2D eigenvalue weighted by atomic mass is 16.5. The lowest BCUT2D eigenvalue weighted by Gasteiger charge is -2.28. The number of rotatable bonds is 6. The number of likely N-dealkylation sites (tertiary alicyclic amines) is 1. The Bertz CT molecular complexity index is 704. The van der Waals surface area contributed by atoms with E-state index >= 15 is 0 Å². The number of benzene rings is 1. The van der Waals surface area contributed by atoms with E-state index in [0.717, 1.165) is 64.0 Å². The molecule has 1 aliphatic carbocycles. The van der Waals surface area contributed by atoms with Gasteiger partial charge < -0.3 is 14.5 Å². The summed E-state index contributed by atoms with van der Waals surface area (Å²) in [5.41, 5.74) is 0.858. The van der Waals surface area contributed by atoms with Gasteiger partial charge in [0.2, 0.25) is 11.8 Å². The molecule has 1 atom stereocenters. The van der Waals surface area contributed by atoms with Gasteiger partial charge in [-0.2, -0.15) is 0 Å². The van der Waals surface area contributed by atoms with Crippen molar-refractivity contribution >= 4 is 11.8 Å². The minimum absolute atomic E-state index is 0.0316. The summed E-state index contributed by atoms with van der Waals surface area (Å²) in [5.74, 6) is 0.500. The lowest BCUT2D eigenvalue weighted by Crippen LogP contribution is -2.45. The van der Waals surface area contributed by atoms with Gasteiger partial charge in [-0.15, -0.1) is 0 Å². The summed E-state index contributed by atoms with van der Waals surface area (Å²) in [7, 11) is 1.67. The number of ether oxygens (including phenoxy) is 1. The lowest BCUT2D eigenvalue weighted by atomic mass is 9.94. The Morgan fingerprint density at radius 3 is 2.61 bits per heavy atom. The van der Waals surface area contributed by atoms with Crippen molar-refractivity contribution in [2.24, 2.45) is 0 Å². The van der Waals surface area contributed by atoms with Gasteiger partial charge in [-0.3, -0.25) is 14.5 Å². The standard InChI is InChI=1S/C22H31N3O3/c1-28-17-16-24-13-8-19(20(24)26)23-11-5-12-25(15-14-23)21(27)22(9-10-22)18-6-3-2-4-7-18/h2-4,6-7,19H,5,8-17H2,1H3/t19-/m1/s1. The van der Waals surface area contributed by atoms with Gasteiger partial charge in [-0.25, -0.2) is 0 Å². The third kappa shape index (κ3) is 3.67. The average Bonchev–Trinajstić information content (AvgIpc) is 3.50. The molecular formula is C22H31N3O3. The van der Waals surface area contributed by atoms with Gasteiger partial charge in [0.1, 0.15) is 0 Å². The summed E-state index contributed by atoms with van der Waals surface area (Å²) in [6.45, 7) is 5.24. The molecular weight excluding hydrogens is 354 g/mol. The van der Waals surface area contributed by atoms with Crippen LogP contribution in [0, 0.1) is 0 Å². The van der Waals surface area contributed by atoms with E-state index in [-0.39, 0.29) is 23.3 Å². The predicted molar refractivity (Wildman–Crippen MR) is 107 cm³/mol.